The maximum Gasteiger partial charge on any atom is 0.490 e. The normalized spacial score (nSPS) is 17.5. The van der Waals surface area contributed by atoms with E-state index in [9.17, 15) is 44.3 Å². The maximum absolute atomic E-state index is 12.7. The average molecular weight is 647 g/mol. The van der Waals surface area contributed by atoms with Crippen molar-refractivity contribution < 1.29 is 64.1 Å². The first-order valence-corrected chi connectivity index (χ1v) is 12.8. The first-order chi connectivity index (χ1) is 20.3. The van der Waals surface area contributed by atoms with Crippen molar-refractivity contribution in [3.63, 3.8) is 0 Å². The van der Waals surface area contributed by atoms with Crippen LogP contribution in [0.25, 0.3) is 0 Å². The van der Waals surface area contributed by atoms with Gasteiger partial charge in [0.1, 0.15) is 0 Å². The molecule has 44 heavy (non-hydrogen) atoms. The molecule has 244 valence electrons. The van der Waals surface area contributed by atoms with Crippen molar-refractivity contribution in [1.29, 1.82) is 0 Å². The molecule has 3 N–H and O–H groups in total. The lowest BCUT2D eigenvalue weighted by Crippen LogP contribution is -2.44. The lowest BCUT2D eigenvalue weighted by molar-refractivity contribution is -0.193. The van der Waals surface area contributed by atoms with Gasteiger partial charge >= 0.3 is 30.5 Å². The summed E-state index contributed by atoms with van der Waals surface area (Å²) >= 11 is 0. The molecule has 0 aliphatic carbocycles. The number of hydrogen-bond acceptors (Lipinski definition) is 6. The lowest BCUT2D eigenvalue weighted by atomic mass is 9.95. The van der Waals surface area contributed by atoms with Gasteiger partial charge < -0.3 is 25.3 Å². The number of benzene rings is 1. The van der Waals surface area contributed by atoms with Gasteiger partial charge in [-0.2, -0.15) is 39.5 Å². The summed E-state index contributed by atoms with van der Waals surface area (Å²) in [5, 5.41) is 17.4. The minimum absolute atomic E-state index is 0.00297. The number of halogens is 9. The van der Waals surface area contributed by atoms with Gasteiger partial charge in [0.05, 0.1) is 5.56 Å². The Hall–Kier alpha value is -4.25. The van der Waals surface area contributed by atoms with Crippen LogP contribution in [0.5, 0.6) is 0 Å². The number of aliphatic carboxylic acids is 2. The van der Waals surface area contributed by atoms with Crippen LogP contribution >= 0.6 is 0 Å². The Morgan fingerprint density at radius 2 is 1.14 bits per heavy atom. The molecule has 0 unspecified atom stereocenters. The van der Waals surface area contributed by atoms with Crippen LogP contribution in [0.4, 0.5) is 50.9 Å². The van der Waals surface area contributed by atoms with E-state index in [1.807, 2.05) is 17.0 Å². The van der Waals surface area contributed by atoms with Crippen molar-refractivity contribution in [3.8, 4) is 0 Å². The number of nitrogens with one attached hydrogen (secondary N) is 1. The SMILES string of the molecule is O=C(N[C@H]1CCN(c2ccc(C(F)(F)F)cc2)C1)C1CCN(c2ccncc2)CC1.O=C(O)C(F)(F)F.O=C(O)C(F)(F)F. The molecule has 0 saturated carbocycles. The number of pyridine rings is 1. The Bertz CT molecular complexity index is 1210. The van der Waals surface area contributed by atoms with Crippen LogP contribution < -0.4 is 15.1 Å². The van der Waals surface area contributed by atoms with E-state index < -0.39 is 36.0 Å². The van der Waals surface area contributed by atoms with Crippen molar-refractivity contribution in [3.05, 3.63) is 54.4 Å². The molecule has 2 fully saturated rings. The summed E-state index contributed by atoms with van der Waals surface area (Å²) in [7, 11) is 0. The van der Waals surface area contributed by atoms with Gasteiger partial charge in [-0.25, -0.2) is 9.59 Å². The van der Waals surface area contributed by atoms with Crippen LogP contribution in [0, 0.1) is 5.92 Å². The third kappa shape index (κ3) is 11.4. The number of carbonyl (C=O) groups is 3. The zero-order valence-electron chi connectivity index (χ0n) is 22.6. The molecule has 18 heteroatoms. The Labute approximate surface area is 244 Å². The summed E-state index contributed by atoms with van der Waals surface area (Å²) in [5.74, 6) is -5.42. The van der Waals surface area contributed by atoms with E-state index in [1.165, 1.54) is 12.1 Å². The highest BCUT2D eigenvalue weighted by Crippen LogP contribution is 2.31. The number of alkyl halides is 9. The van der Waals surface area contributed by atoms with Crippen LogP contribution in [0.15, 0.2) is 48.8 Å². The molecular formula is C26H27F9N4O5. The number of rotatable bonds is 4. The van der Waals surface area contributed by atoms with Crippen LogP contribution in [-0.4, -0.2) is 77.6 Å². The van der Waals surface area contributed by atoms with Crippen LogP contribution in [0.3, 0.4) is 0 Å². The molecule has 1 amide bonds. The number of amides is 1. The van der Waals surface area contributed by atoms with Gasteiger partial charge in [-0.1, -0.05) is 0 Å². The number of carbonyl (C=O) groups excluding carboxylic acids is 1. The van der Waals surface area contributed by atoms with E-state index in [0.717, 1.165) is 62.4 Å². The molecule has 2 aliphatic rings. The van der Waals surface area contributed by atoms with Crippen molar-refractivity contribution in [2.45, 2.75) is 43.8 Å². The first-order valence-electron chi connectivity index (χ1n) is 12.8. The molecule has 1 atom stereocenters. The van der Waals surface area contributed by atoms with Crippen molar-refractivity contribution in [2.24, 2.45) is 5.92 Å². The topological polar surface area (TPSA) is 123 Å². The van der Waals surface area contributed by atoms with Gasteiger partial charge in [0.2, 0.25) is 5.91 Å². The number of anilines is 2. The fraction of sp³-hybridized carbons (Fsp3) is 0.462. The monoisotopic (exact) mass is 646 g/mol. The predicted molar refractivity (Wildman–Crippen MR) is 137 cm³/mol. The molecule has 4 rings (SSSR count). The number of carboxylic acid groups (broad SMARTS) is 2. The highest BCUT2D eigenvalue weighted by Gasteiger charge is 2.39. The minimum Gasteiger partial charge on any atom is -0.475 e. The largest absolute Gasteiger partial charge is 0.490 e. The van der Waals surface area contributed by atoms with Crippen LogP contribution in [0.1, 0.15) is 24.8 Å². The van der Waals surface area contributed by atoms with Gasteiger partial charge in [0.15, 0.2) is 0 Å². The van der Waals surface area contributed by atoms with E-state index in [-0.39, 0.29) is 17.9 Å². The highest BCUT2D eigenvalue weighted by molar-refractivity contribution is 5.79. The standard InChI is InChI=1S/C22H25F3N4O.2C2HF3O2/c23-22(24,25)17-1-3-19(4-2-17)29-14-9-18(15-29)27-21(30)16-7-12-28(13-8-16)20-5-10-26-11-6-20;2*3-2(4,5)1(6)7/h1-6,10-11,16,18H,7-9,12-15H2,(H,27,30);2*(H,6,7)/t18-;;/m0../s1. The van der Waals surface area contributed by atoms with Crippen LogP contribution in [-0.2, 0) is 20.6 Å². The molecule has 1 aromatic heterocycles. The van der Waals surface area contributed by atoms with Crippen molar-refractivity contribution >= 4 is 29.2 Å². The Morgan fingerprint density at radius 3 is 1.57 bits per heavy atom. The van der Waals surface area contributed by atoms with E-state index in [2.05, 4.69) is 15.2 Å². The second-order valence-electron chi connectivity index (χ2n) is 9.56. The molecule has 0 spiro atoms. The maximum atomic E-state index is 12.7. The Balaban J connectivity index is 0.000000402. The fourth-order valence-electron chi connectivity index (χ4n) is 4.25. The zero-order valence-corrected chi connectivity index (χ0v) is 22.6. The first kappa shape index (κ1) is 35.9. The molecule has 2 saturated heterocycles. The number of piperidine rings is 1. The summed E-state index contributed by atoms with van der Waals surface area (Å²) in [6.07, 6.45) is -8.53. The third-order valence-electron chi connectivity index (χ3n) is 6.47. The Morgan fingerprint density at radius 1 is 0.705 bits per heavy atom. The van der Waals surface area contributed by atoms with E-state index in [1.54, 1.807) is 12.4 Å². The van der Waals surface area contributed by atoms with Crippen molar-refractivity contribution in [2.75, 3.05) is 36.0 Å². The third-order valence-corrected chi connectivity index (χ3v) is 6.47. The fourth-order valence-corrected chi connectivity index (χ4v) is 4.25. The van der Waals surface area contributed by atoms with Crippen LogP contribution in [0.2, 0.25) is 0 Å². The summed E-state index contributed by atoms with van der Waals surface area (Å²) in [5.41, 5.74) is 1.24. The summed E-state index contributed by atoms with van der Waals surface area (Å²) < 4.78 is 102. The molecule has 9 nitrogen and oxygen atoms in total. The summed E-state index contributed by atoms with van der Waals surface area (Å²) in [6, 6.07) is 9.21. The molecule has 0 radical (unpaired) electrons. The smallest absolute Gasteiger partial charge is 0.475 e. The summed E-state index contributed by atoms with van der Waals surface area (Å²) in [6.45, 7) is 3.01. The van der Waals surface area contributed by atoms with Gasteiger partial charge in [0, 0.05) is 61.9 Å². The molecular weight excluding hydrogens is 619 g/mol. The minimum atomic E-state index is -5.08. The molecule has 2 aliphatic heterocycles. The molecule has 2 aromatic rings. The zero-order chi connectivity index (χ0) is 33.3. The van der Waals surface area contributed by atoms with Crippen molar-refractivity contribution in [1.82, 2.24) is 10.3 Å². The van der Waals surface area contributed by atoms with Gasteiger partial charge in [-0.05, 0) is 55.7 Å². The second kappa shape index (κ2) is 15.0. The van der Waals surface area contributed by atoms with Gasteiger partial charge in [0.25, 0.3) is 0 Å². The van der Waals surface area contributed by atoms with E-state index in [4.69, 9.17) is 19.8 Å². The van der Waals surface area contributed by atoms with E-state index in [0.29, 0.717) is 6.54 Å². The number of aromatic nitrogens is 1. The quantitative estimate of drug-likeness (QED) is 0.398. The Kier molecular flexibility index (Phi) is 12.2. The number of nitrogens with zero attached hydrogens (tertiary/aromatic N) is 3. The number of carboxylic acids is 2. The second-order valence-corrected chi connectivity index (χ2v) is 9.56. The molecule has 0 bridgehead atoms. The highest BCUT2D eigenvalue weighted by atomic mass is 19.4. The predicted octanol–water partition coefficient (Wildman–Crippen LogP) is 4.98. The molecule has 3 heterocycles. The van der Waals surface area contributed by atoms with Gasteiger partial charge in [-0.15, -0.1) is 0 Å². The number of hydrogen-bond donors (Lipinski definition) is 3. The lowest BCUT2D eigenvalue weighted by Gasteiger charge is -2.33. The summed E-state index contributed by atoms with van der Waals surface area (Å²) in [4.78, 5) is 38.8. The van der Waals surface area contributed by atoms with E-state index >= 15 is 0 Å². The molecule has 1 aromatic carbocycles. The average Bonchev–Trinajstić information content (AvgIpc) is 3.41. The van der Waals surface area contributed by atoms with Gasteiger partial charge in [-0.3, -0.25) is 9.78 Å².